The number of benzene rings is 2. The monoisotopic (exact) mass is 265 g/mol. The Labute approximate surface area is 117 Å². The average molecular weight is 266 g/mol. The number of nitrogens with zero attached hydrogens (tertiary/aromatic N) is 1. The fraction of sp³-hybridized carbons (Fsp3) is 0. The van der Waals surface area contributed by atoms with Gasteiger partial charge in [-0.1, -0.05) is 54.1 Å². The second kappa shape index (κ2) is 5.25. The van der Waals surface area contributed by atoms with Gasteiger partial charge in [-0.25, -0.2) is 0 Å². The highest BCUT2D eigenvalue weighted by Crippen LogP contribution is 2.25. The highest BCUT2D eigenvalue weighted by molar-refractivity contribution is 6.30. The van der Waals surface area contributed by atoms with E-state index in [0.717, 1.165) is 10.6 Å². The molecule has 92 valence electrons. The molecule has 0 atom stereocenters. The van der Waals surface area contributed by atoms with Crippen molar-refractivity contribution in [2.75, 3.05) is 0 Å². The third kappa shape index (κ3) is 2.67. The first kappa shape index (κ1) is 11.9. The van der Waals surface area contributed by atoms with Crippen molar-refractivity contribution in [1.82, 2.24) is 4.98 Å². The zero-order valence-electron chi connectivity index (χ0n) is 10.3. The summed E-state index contributed by atoms with van der Waals surface area (Å²) in [6.07, 6.45) is 3.66. The summed E-state index contributed by atoms with van der Waals surface area (Å²) in [4.78, 5) is 4.14. The molecule has 0 amide bonds. The highest BCUT2D eigenvalue weighted by Gasteiger charge is 2.00. The molecule has 0 N–H and O–H groups in total. The van der Waals surface area contributed by atoms with Crippen LogP contribution in [-0.4, -0.2) is 4.98 Å². The quantitative estimate of drug-likeness (QED) is 0.630. The van der Waals surface area contributed by atoms with Crippen LogP contribution in [0.2, 0.25) is 5.02 Å². The Morgan fingerprint density at radius 3 is 1.68 bits per heavy atom. The summed E-state index contributed by atoms with van der Waals surface area (Å²) in [5, 5.41) is 0.760. The zero-order valence-corrected chi connectivity index (χ0v) is 11.0. The van der Waals surface area contributed by atoms with Crippen LogP contribution in [-0.2, 0) is 0 Å². The minimum atomic E-state index is 0.760. The van der Waals surface area contributed by atoms with Crippen molar-refractivity contribution in [3.63, 3.8) is 0 Å². The van der Waals surface area contributed by atoms with E-state index < -0.39 is 0 Å². The zero-order chi connectivity index (χ0) is 13.1. The minimum Gasteiger partial charge on any atom is -0.264 e. The van der Waals surface area contributed by atoms with Crippen LogP contribution in [0.1, 0.15) is 0 Å². The van der Waals surface area contributed by atoms with Gasteiger partial charge in [0.05, 0.1) is 0 Å². The lowest BCUT2D eigenvalue weighted by molar-refractivity contribution is 1.33. The van der Waals surface area contributed by atoms with Crippen LogP contribution < -0.4 is 0 Å². The molecular weight excluding hydrogens is 254 g/mol. The van der Waals surface area contributed by atoms with Gasteiger partial charge in [0.15, 0.2) is 0 Å². The van der Waals surface area contributed by atoms with E-state index in [1.165, 1.54) is 16.7 Å². The largest absolute Gasteiger partial charge is 0.264 e. The van der Waals surface area contributed by atoms with E-state index in [1.807, 2.05) is 36.5 Å². The molecule has 0 fully saturated rings. The maximum absolute atomic E-state index is 5.90. The summed E-state index contributed by atoms with van der Waals surface area (Å²) in [5.41, 5.74) is 4.66. The van der Waals surface area contributed by atoms with Gasteiger partial charge in [-0.05, 0) is 40.5 Å². The molecule has 0 aliphatic rings. The second-order valence-corrected chi connectivity index (χ2v) is 4.76. The van der Waals surface area contributed by atoms with Crippen molar-refractivity contribution in [2.45, 2.75) is 0 Å². The first-order chi connectivity index (χ1) is 9.33. The topological polar surface area (TPSA) is 12.9 Å². The van der Waals surface area contributed by atoms with E-state index in [-0.39, 0.29) is 0 Å². The number of pyridine rings is 1. The number of hydrogen-bond acceptors (Lipinski definition) is 1. The molecule has 0 aliphatic heterocycles. The normalized spacial score (nSPS) is 10.4. The highest BCUT2D eigenvalue weighted by atomic mass is 35.5. The predicted octanol–water partition coefficient (Wildman–Crippen LogP) is 5.07. The smallest absolute Gasteiger partial charge is 0.0406 e. The molecule has 1 aromatic heterocycles. The maximum atomic E-state index is 5.90. The fourth-order valence-corrected chi connectivity index (χ4v) is 2.16. The third-order valence-corrected chi connectivity index (χ3v) is 3.31. The van der Waals surface area contributed by atoms with Crippen molar-refractivity contribution < 1.29 is 0 Å². The van der Waals surface area contributed by atoms with E-state index in [2.05, 4.69) is 35.3 Å². The number of hydrogen-bond donors (Lipinski definition) is 0. The summed E-state index contributed by atoms with van der Waals surface area (Å²) in [6.45, 7) is 0. The first-order valence-corrected chi connectivity index (χ1v) is 6.47. The van der Waals surface area contributed by atoms with Crippen molar-refractivity contribution in [3.05, 3.63) is 78.1 Å². The first-order valence-electron chi connectivity index (χ1n) is 6.09. The second-order valence-electron chi connectivity index (χ2n) is 4.33. The Kier molecular flexibility index (Phi) is 3.30. The lowest BCUT2D eigenvalue weighted by Crippen LogP contribution is -1.81. The summed E-state index contributed by atoms with van der Waals surface area (Å²) in [7, 11) is 0. The van der Waals surface area contributed by atoms with Crippen molar-refractivity contribution in [1.29, 1.82) is 0 Å². The Hall–Kier alpha value is -2.12. The van der Waals surface area contributed by atoms with E-state index in [0.29, 0.717) is 0 Å². The molecule has 1 heterocycles. The predicted molar refractivity (Wildman–Crippen MR) is 80.1 cm³/mol. The van der Waals surface area contributed by atoms with Crippen molar-refractivity contribution in [2.24, 2.45) is 0 Å². The van der Waals surface area contributed by atoms with Gasteiger partial charge in [0, 0.05) is 17.4 Å². The van der Waals surface area contributed by atoms with Crippen LogP contribution in [0.15, 0.2) is 73.1 Å². The Morgan fingerprint density at radius 2 is 1.16 bits per heavy atom. The molecule has 19 heavy (non-hydrogen) atoms. The van der Waals surface area contributed by atoms with E-state index in [1.54, 1.807) is 6.20 Å². The van der Waals surface area contributed by atoms with Gasteiger partial charge in [0.25, 0.3) is 0 Å². The molecule has 0 saturated heterocycles. The van der Waals surface area contributed by atoms with E-state index >= 15 is 0 Å². The van der Waals surface area contributed by atoms with Gasteiger partial charge in [-0.3, -0.25) is 4.98 Å². The Balaban J connectivity index is 1.93. The molecule has 0 radical (unpaired) electrons. The van der Waals surface area contributed by atoms with Gasteiger partial charge >= 0.3 is 0 Å². The van der Waals surface area contributed by atoms with Crippen LogP contribution in [0, 0.1) is 0 Å². The van der Waals surface area contributed by atoms with Gasteiger partial charge in [0.2, 0.25) is 0 Å². The summed E-state index contributed by atoms with van der Waals surface area (Å²) < 4.78 is 0. The lowest BCUT2D eigenvalue weighted by Gasteiger charge is -2.04. The molecule has 0 unspecified atom stereocenters. The van der Waals surface area contributed by atoms with Gasteiger partial charge in [-0.2, -0.15) is 0 Å². The Bertz CT molecular complexity index is 658. The number of aromatic nitrogens is 1. The molecule has 1 nitrogen and oxygen atoms in total. The summed E-state index contributed by atoms with van der Waals surface area (Å²) in [6, 6.07) is 20.3. The molecule has 0 saturated carbocycles. The van der Waals surface area contributed by atoms with Crippen molar-refractivity contribution in [3.8, 4) is 22.3 Å². The summed E-state index contributed by atoms with van der Waals surface area (Å²) >= 11 is 5.90. The molecular formula is C17H12ClN. The van der Waals surface area contributed by atoms with Crippen LogP contribution in [0.25, 0.3) is 22.3 Å². The minimum absolute atomic E-state index is 0.760. The van der Waals surface area contributed by atoms with Gasteiger partial charge in [0.1, 0.15) is 0 Å². The van der Waals surface area contributed by atoms with Crippen LogP contribution in [0.4, 0.5) is 0 Å². The van der Waals surface area contributed by atoms with Gasteiger partial charge < -0.3 is 0 Å². The van der Waals surface area contributed by atoms with E-state index in [4.69, 9.17) is 11.6 Å². The maximum Gasteiger partial charge on any atom is 0.0406 e. The summed E-state index contributed by atoms with van der Waals surface area (Å²) in [5.74, 6) is 0. The molecule has 2 heteroatoms. The number of halogens is 1. The lowest BCUT2D eigenvalue weighted by atomic mass is 10.0. The van der Waals surface area contributed by atoms with Crippen molar-refractivity contribution >= 4 is 11.6 Å². The molecule has 0 spiro atoms. The average Bonchev–Trinajstić information content (AvgIpc) is 2.49. The molecule has 2 aromatic carbocycles. The number of rotatable bonds is 2. The van der Waals surface area contributed by atoms with E-state index in [9.17, 15) is 0 Å². The van der Waals surface area contributed by atoms with Crippen LogP contribution in [0.3, 0.4) is 0 Å². The standard InChI is InChI=1S/C17H12ClN/c18-17-9-7-14(8-10-17)13-3-5-15(6-4-13)16-2-1-11-19-12-16/h1-12H. The molecule has 3 rings (SSSR count). The SMILES string of the molecule is Clc1ccc(-c2ccc(-c3cccnc3)cc2)cc1. The molecule has 0 bridgehead atoms. The fourth-order valence-electron chi connectivity index (χ4n) is 2.03. The molecule has 0 aliphatic carbocycles. The molecule has 3 aromatic rings. The van der Waals surface area contributed by atoms with Gasteiger partial charge in [-0.15, -0.1) is 0 Å². The third-order valence-electron chi connectivity index (χ3n) is 3.06. The van der Waals surface area contributed by atoms with Crippen LogP contribution >= 0.6 is 11.6 Å². The Morgan fingerprint density at radius 1 is 0.632 bits per heavy atom. The van der Waals surface area contributed by atoms with Crippen LogP contribution in [0.5, 0.6) is 0 Å².